The van der Waals surface area contributed by atoms with E-state index < -0.39 is 0 Å². The Morgan fingerprint density at radius 3 is 2.95 bits per heavy atom. The van der Waals surface area contributed by atoms with Crippen LogP contribution in [-0.2, 0) is 13.1 Å². The van der Waals surface area contributed by atoms with E-state index in [1.807, 2.05) is 6.26 Å². The van der Waals surface area contributed by atoms with Gasteiger partial charge in [0.05, 0.1) is 12.8 Å². The molecule has 4 nitrogen and oxygen atoms in total. The van der Waals surface area contributed by atoms with Crippen LogP contribution in [0.25, 0.3) is 0 Å². The maximum Gasteiger partial charge on any atom is 0.118 e. The van der Waals surface area contributed by atoms with Gasteiger partial charge in [-0.1, -0.05) is 13.8 Å². The number of hydrogen-bond acceptors (Lipinski definition) is 4. The van der Waals surface area contributed by atoms with E-state index in [9.17, 15) is 0 Å². The predicted molar refractivity (Wildman–Crippen MR) is 82.7 cm³/mol. The minimum atomic E-state index is 0.511. The van der Waals surface area contributed by atoms with E-state index >= 15 is 0 Å². The van der Waals surface area contributed by atoms with Gasteiger partial charge in [0.15, 0.2) is 0 Å². The normalized spacial score (nSPS) is 20.4. The van der Waals surface area contributed by atoms with Crippen LogP contribution < -0.4 is 5.32 Å². The van der Waals surface area contributed by atoms with Crippen LogP contribution in [0.3, 0.4) is 0 Å². The van der Waals surface area contributed by atoms with Crippen molar-refractivity contribution in [2.24, 2.45) is 0 Å². The molecule has 1 atom stereocenters. The SMILES string of the molecule is CC(C)NCc1coc(CN2CCCC2CN(C)C)c1. The molecule has 2 rings (SSSR count). The van der Waals surface area contributed by atoms with Crippen molar-refractivity contribution >= 4 is 0 Å². The lowest BCUT2D eigenvalue weighted by Gasteiger charge is -2.26. The summed E-state index contributed by atoms with van der Waals surface area (Å²) in [5.74, 6) is 1.09. The molecular weight excluding hydrogens is 250 g/mol. The topological polar surface area (TPSA) is 31.7 Å². The van der Waals surface area contributed by atoms with E-state index in [4.69, 9.17) is 4.42 Å². The monoisotopic (exact) mass is 279 g/mol. The van der Waals surface area contributed by atoms with Crippen LogP contribution in [0.4, 0.5) is 0 Å². The highest BCUT2D eigenvalue weighted by Gasteiger charge is 2.25. The Hall–Kier alpha value is -0.840. The van der Waals surface area contributed by atoms with Gasteiger partial charge in [-0.05, 0) is 39.5 Å². The quantitative estimate of drug-likeness (QED) is 0.830. The zero-order chi connectivity index (χ0) is 14.5. The summed E-state index contributed by atoms with van der Waals surface area (Å²) in [5, 5.41) is 3.42. The highest BCUT2D eigenvalue weighted by atomic mass is 16.3. The highest BCUT2D eigenvalue weighted by Crippen LogP contribution is 2.21. The molecule has 0 spiro atoms. The number of nitrogens with zero attached hydrogens (tertiary/aromatic N) is 2. The molecule has 0 bridgehead atoms. The highest BCUT2D eigenvalue weighted by molar-refractivity contribution is 5.13. The van der Waals surface area contributed by atoms with Crippen LogP contribution in [0.2, 0.25) is 0 Å². The summed E-state index contributed by atoms with van der Waals surface area (Å²) in [6.07, 6.45) is 4.50. The van der Waals surface area contributed by atoms with Crippen LogP contribution >= 0.6 is 0 Å². The van der Waals surface area contributed by atoms with Gasteiger partial charge in [-0.25, -0.2) is 0 Å². The Labute approximate surface area is 123 Å². The van der Waals surface area contributed by atoms with Gasteiger partial charge in [0, 0.05) is 30.7 Å². The zero-order valence-electron chi connectivity index (χ0n) is 13.4. The number of rotatable bonds is 7. The van der Waals surface area contributed by atoms with Crippen LogP contribution in [-0.4, -0.2) is 49.1 Å². The van der Waals surface area contributed by atoms with Crippen LogP contribution in [0, 0.1) is 0 Å². The molecule has 1 aliphatic heterocycles. The zero-order valence-corrected chi connectivity index (χ0v) is 13.4. The van der Waals surface area contributed by atoms with Crippen LogP contribution in [0.5, 0.6) is 0 Å². The number of likely N-dealkylation sites (N-methyl/N-ethyl adjacent to an activating group) is 1. The first kappa shape index (κ1) is 15.5. The second-order valence-corrected chi connectivity index (χ2v) is 6.49. The number of likely N-dealkylation sites (tertiary alicyclic amines) is 1. The van der Waals surface area contributed by atoms with Crippen molar-refractivity contribution in [1.29, 1.82) is 0 Å². The summed E-state index contributed by atoms with van der Waals surface area (Å²) in [6, 6.07) is 3.38. The van der Waals surface area contributed by atoms with Gasteiger partial charge in [-0.3, -0.25) is 4.90 Å². The minimum absolute atomic E-state index is 0.511. The Morgan fingerprint density at radius 1 is 1.45 bits per heavy atom. The Morgan fingerprint density at radius 2 is 2.25 bits per heavy atom. The van der Waals surface area contributed by atoms with E-state index in [0.717, 1.165) is 25.4 Å². The largest absolute Gasteiger partial charge is 0.468 e. The minimum Gasteiger partial charge on any atom is -0.468 e. The standard InChI is InChI=1S/C16H29N3O/c1-13(2)17-9-14-8-16(20-12-14)11-19-7-5-6-15(19)10-18(3)4/h8,12-13,15,17H,5-7,9-11H2,1-4H3. The third-order valence-electron chi connectivity index (χ3n) is 3.86. The fraction of sp³-hybridized carbons (Fsp3) is 0.750. The molecule has 114 valence electrons. The second kappa shape index (κ2) is 7.25. The molecular formula is C16H29N3O. The second-order valence-electron chi connectivity index (χ2n) is 6.49. The molecule has 1 aromatic rings. The summed E-state index contributed by atoms with van der Waals surface area (Å²) in [6.45, 7) is 8.50. The van der Waals surface area contributed by atoms with E-state index in [0.29, 0.717) is 12.1 Å². The summed E-state index contributed by atoms with van der Waals surface area (Å²) in [5.41, 5.74) is 1.25. The van der Waals surface area contributed by atoms with Crippen molar-refractivity contribution < 1.29 is 4.42 Å². The lowest BCUT2D eigenvalue weighted by atomic mass is 10.2. The third-order valence-corrected chi connectivity index (χ3v) is 3.86. The van der Waals surface area contributed by atoms with E-state index in [1.165, 1.54) is 24.9 Å². The number of nitrogens with one attached hydrogen (secondary N) is 1. The lowest BCUT2D eigenvalue weighted by molar-refractivity contribution is 0.189. The Kier molecular flexibility index (Phi) is 5.64. The third kappa shape index (κ3) is 4.62. The van der Waals surface area contributed by atoms with Crippen molar-refractivity contribution in [2.75, 3.05) is 27.2 Å². The molecule has 0 amide bonds. The number of hydrogen-bond donors (Lipinski definition) is 1. The van der Waals surface area contributed by atoms with Gasteiger partial charge in [-0.15, -0.1) is 0 Å². The van der Waals surface area contributed by atoms with Crippen molar-refractivity contribution in [3.05, 3.63) is 23.7 Å². The molecule has 1 N–H and O–H groups in total. The fourth-order valence-corrected chi connectivity index (χ4v) is 2.86. The molecule has 1 aliphatic rings. The molecule has 0 radical (unpaired) electrons. The lowest BCUT2D eigenvalue weighted by Crippen LogP contribution is -2.36. The van der Waals surface area contributed by atoms with Crippen molar-refractivity contribution in [2.45, 2.75) is 51.9 Å². The predicted octanol–water partition coefficient (Wildman–Crippen LogP) is 2.30. The molecule has 20 heavy (non-hydrogen) atoms. The summed E-state index contributed by atoms with van der Waals surface area (Å²) in [7, 11) is 4.30. The summed E-state index contributed by atoms with van der Waals surface area (Å²) < 4.78 is 5.72. The van der Waals surface area contributed by atoms with Gasteiger partial charge < -0.3 is 14.6 Å². The van der Waals surface area contributed by atoms with Gasteiger partial charge in [-0.2, -0.15) is 0 Å². The first-order valence-electron chi connectivity index (χ1n) is 7.73. The smallest absolute Gasteiger partial charge is 0.118 e. The average molecular weight is 279 g/mol. The van der Waals surface area contributed by atoms with Gasteiger partial charge >= 0.3 is 0 Å². The molecule has 1 aromatic heterocycles. The van der Waals surface area contributed by atoms with E-state index in [-0.39, 0.29) is 0 Å². The summed E-state index contributed by atoms with van der Waals surface area (Å²) >= 11 is 0. The van der Waals surface area contributed by atoms with Gasteiger partial charge in [0.2, 0.25) is 0 Å². The molecule has 0 aliphatic carbocycles. The molecule has 4 heteroatoms. The van der Waals surface area contributed by atoms with Crippen LogP contribution in [0.1, 0.15) is 38.0 Å². The first-order chi connectivity index (χ1) is 9.54. The molecule has 2 heterocycles. The Bertz CT molecular complexity index is 400. The molecule has 0 aromatic carbocycles. The molecule has 1 saturated heterocycles. The summed E-state index contributed by atoms with van der Waals surface area (Å²) in [4.78, 5) is 4.83. The van der Waals surface area contributed by atoms with Gasteiger partial charge in [0.25, 0.3) is 0 Å². The molecule has 1 fully saturated rings. The van der Waals surface area contributed by atoms with Crippen molar-refractivity contribution in [1.82, 2.24) is 15.1 Å². The van der Waals surface area contributed by atoms with Crippen molar-refractivity contribution in [3.8, 4) is 0 Å². The van der Waals surface area contributed by atoms with Crippen molar-refractivity contribution in [3.63, 3.8) is 0 Å². The number of furan rings is 1. The maximum atomic E-state index is 5.72. The molecule has 1 unspecified atom stereocenters. The maximum absolute atomic E-state index is 5.72. The van der Waals surface area contributed by atoms with Gasteiger partial charge in [0.1, 0.15) is 5.76 Å². The average Bonchev–Trinajstić information content (AvgIpc) is 2.97. The van der Waals surface area contributed by atoms with E-state index in [2.05, 4.69) is 49.1 Å². The first-order valence-corrected chi connectivity index (χ1v) is 7.73. The molecule has 0 saturated carbocycles. The van der Waals surface area contributed by atoms with Crippen LogP contribution in [0.15, 0.2) is 16.7 Å². The van der Waals surface area contributed by atoms with E-state index in [1.54, 1.807) is 0 Å². The fourth-order valence-electron chi connectivity index (χ4n) is 2.86. The Balaban J connectivity index is 1.86.